The van der Waals surface area contributed by atoms with Crippen molar-refractivity contribution in [3.63, 3.8) is 0 Å². The maximum absolute atomic E-state index is 11.7. The molecule has 0 radical (unpaired) electrons. The quantitative estimate of drug-likeness (QED) is 0.527. The molecule has 0 saturated carbocycles. The first-order chi connectivity index (χ1) is 14.0. The van der Waals surface area contributed by atoms with Crippen LogP contribution in [0.5, 0.6) is 5.75 Å². The molecule has 2 aliphatic rings. The predicted molar refractivity (Wildman–Crippen MR) is 122 cm³/mol. The van der Waals surface area contributed by atoms with E-state index in [1.165, 1.54) is 22.3 Å². The average Bonchev–Trinajstić information content (AvgIpc) is 3.16. The lowest BCUT2D eigenvalue weighted by Gasteiger charge is -2.24. The topological polar surface area (TPSA) is 81.6 Å². The van der Waals surface area contributed by atoms with Crippen LogP contribution in [-0.2, 0) is 36.9 Å². The summed E-state index contributed by atoms with van der Waals surface area (Å²) in [5.74, 6) is -0.0397. The first-order valence-electron chi connectivity index (χ1n) is 10.7. The number of carbonyl (C=O) groups is 1. The van der Waals surface area contributed by atoms with Crippen molar-refractivity contribution < 1.29 is 15.0 Å². The molecule has 0 spiro atoms. The normalized spacial score (nSPS) is 16.4. The summed E-state index contributed by atoms with van der Waals surface area (Å²) in [4.78, 5) is 11.7. The molecule has 0 saturated heterocycles. The smallest absolute Gasteiger partial charge is 0.224 e. The number of benzene rings is 2. The fourth-order valence-corrected chi connectivity index (χ4v) is 4.87. The van der Waals surface area contributed by atoms with Gasteiger partial charge < -0.3 is 20.8 Å². The Bertz CT molecular complexity index is 912. The highest BCUT2D eigenvalue weighted by Crippen LogP contribution is 2.37. The molecular formula is C24H31ClN2O3. The van der Waals surface area contributed by atoms with E-state index in [1.54, 1.807) is 12.1 Å². The van der Waals surface area contributed by atoms with Crippen LogP contribution in [0, 0.1) is 0 Å². The number of carbonyl (C=O) groups excluding carboxylic acids is 1. The number of phenols is 1. The number of aliphatic hydroxyl groups is 1. The van der Waals surface area contributed by atoms with Crippen molar-refractivity contribution >= 4 is 24.0 Å². The van der Waals surface area contributed by atoms with Crippen molar-refractivity contribution in [2.45, 2.75) is 64.5 Å². The zero-order chi connectivity index (χ0) is 20.5. The molecule has 2 aromatic rings. The molecule has 1 atom stereocenters. The van der Waals surface area contributed by atoms with Crippen LogP contribution in [0.3, 0.4) is 0 Å². The monoisotopic (exact) mass is 430 g/mol. The van der Waals surface area contributed by atoms with Gasteiger partial charge in [0.25, 0.3) is 0 Å². The number of hydrogen-bond acceptors (Lipinski definition) is 4. The number of amides is 1. The third-order valence-corrected chi connectivity index (χ3v) is 6.44. The number of aliphatic hydroxyl groups excluding tert-OH is 1. The molecule has 1 heterocycles. The van der Waals surface area contributed by atoms with Crippen molar-refractivity contribution in [2.24, 2.45) is 0 Å². The van der Waals surface area contributed by atoms with Crippen LogP contribution in [-0.4, -0.2) is 28.7 Å². The van der Waals surface area contributed by atoms with Crippen molar-refractivity contribution in [3.05, 3.63) is 57.6 Å². The molecule has 1 aliphatic heterocycles. The summed E-state index contributed by atoms with van der Waals surface area (Å²) >= 11 is 0. The van der Waals surface area contributed by atoms with Crippen molar-refractivity contribution in [2.75, 3.05) is 11.9 Å². The van der Waals surface area contributed by atoms with Gasteiger partial charge >= 0.3 is 0 Å². The van der Waals surface area contributed by atoms with Crippen molar-refractivity contribution in [1.29, 1.82) is 0 Å². The van der Waals surface area contributed by atoms with Gasteiger partial charge in [-0.25, -0.2) is 0 Å². The SMILES string of the molecule is CCc1ccc(CC)c2c1CC(NC[C@@H](O)c1ccc(O)c3c1CCC(=O)N3)C2.Cl. The Morgan fingerprint density at radius 3 is 2.27 bits per heavy atom. The highest BCUT2D eigenvalue weighted by Gasteiger charge is 2.27. The molecule has 162 valence electrons. The summed E-state index contributed by atoms with van der Waals surface area (Å²) in [5.41, 5.74) is 7.92. The highest BCUT2D eigenvalue weighted by atomic mass is 35.5. The Hall–Kier alpha value is -2.08. The molecule has 5 nitrogen and oxygen atoms in total. The van der Waals surface area contributed by atoms with Gasteiger partial charge in [-0.2, -0.15) is 0 Å². The minimum Gasteiger partial charge on any atom is -0.506 e. The highest BCUT2D eigenvalue weighted by molar-refractivity contribution is 5.96. The van der Waals surface area contributed by atoms with E-state index in [1.807, 2.05) is 0 Å². The number of fused-ring (bicyclic) bond motifs is 2. The zero-order valence-electron chi connectivity index (χ0n) is 17.6. The molecule has 0 aromatic heterocycles. The van der Waals surface area contributed by atoms with Gasteiger partial charge in [0.1, 0.15) is 5.75 Å². The van der Waals surface area contributed by atoms with Gasteiger partial charge in [0.05, 0.1) is 11.8 Å². The molecule has 4 N–H and O–H groups in total. The summed E-state index contributed by atoms with van der Waals surface area (Å²) in [6.45, 7) is 4.86. The summed E-state index contributed by atoms with van der Waals surface area (Å²) in [6.07, 6.45) is 4.34. The number of hydrogen-bond donors (Lipinski definition) is 4. The van der Waals surface area contributed by atoms with Crippen molar-refractivity contribution in [1.82, 2.24) is 5.32 Å². The molecule has 6 heteroatoms. The molecule has 0 fully saturated rings. The van der Waals surface area contributed by atoms with E-state index in [-0.39, 0.29) is 24.1 Å². The predicted octanol–water partition coefficient (Wildman–Crippen LogP) is 3.61. The third kappa shape index (κ3) is 4.20. The first kappa shape index (κ1) is 22.6. The van der Waals surface area contributed by atoms with E-state index < -0.39 is 6.10 Å². The second kappa shape index (κ2) is 9.38. The Balaban J connectivity index is 0.00000256. The van der Waals surface area contributed by atoms with Gasteiger partial charge in [0, 0.05) is 19.0 Å². The van der Waals surface area contributed by atoms with Crippen LogP contribution in [0.2, 0.25) is 0 Å². The van der Waals surface area contributed by atoms with E-state index in [2.05, 4.69) is 36.6 Å². The molecule has 1 aliphatic carbocycles. The maximum atomic E-state index is 11.7. The maximum Gasteiger partial charge on any atom is 0.224 e. The number of halogens is 1. The van der Waals surface area contributed by atoms with Crippen molar-refractivity contribution in [3.8, 4) is 5.75 Å². The van der Waals surface area contributed by atoms with Gasteiger partial charge in [-0.1, -0.05) is 32.0 Å². The summed E-state index contributed by atoms with van der Waals surface area (Å²) in [7, 11) is 0. The Labute approximate surface area is 184 Å². The molecule has 0 unspecified atom stereocenters. The van der Waals surface area contributed by atoms with Gasteiger partial charge in [-0.15, -0.1) is 12.4 Å². The minimum atomic E-state index is -0.681. The largest absolute Gasteiger partial charge is 0.506 e. The van der Waals surface area contributed by atoms with Gasteiger partial charge in [0.15, 0.2) is 0 Å². The van der Waals surface area contributed by atoms with E-state index in [0.717, 1.165) is 36.8 Å². The average molecular weight is 431 g/mol. The standard InChI is InChI=1S/C24H30N2O3.ClH/c1-3-14-5-6-15(4-2)20-12-16(11-19(14)20)25-13-22(28)17-7-9-21(27)24-18(17)8-10-23(29)26-24;/h5-7,9,16,22,25,27-28H,3-4,8,10-13H2,1-2H3,(H,26,29);1H/t22-;/m1./s1. The second-order valence-corrected chi connectivity index (χ2v) is 8.15. The number of nitrogens with one attached hydrogen (secondary N) is 2. The number of rotatable bonds is 6. The van der Waals surface area contributed by atoms with E-state index in [9.17, 15) is 15.0 Å². The van der Waals surface area contributed by atoms with Crippen LogP contribution < -0.4 is 10.6 Å². The molecule has 4 rings (SSSR count). The van der Waals surface area contributed by atoms with E-state index >= 15 is 0 Å². The number of aromatic hydroxyl groups is 1. The van der Waals surface area contributed by atoms with Crippen LogP contribution in [0.15, 0.2) is 24.3 Å². The lowest BCUT2D eigenvalue weighted by Crippen LogP contribution is -2.34. The molecule has 0 bridgehead atoms. The molecular weight excluding hydrogens is 400 g/mol. The number of aryl methyl sites for hydroxylation is 2. The zero-order valence-corrected chi connectivity index (χ0v) is 18.4. The Morgan fingerprint density at radius 1 is 1.03 bits per heavy atom. The van der Waals surface area contributed by atoms with Crippen LogP contribution in [0.25, 0.3) is 0 Å². The lowest BCUT2D eigenvalue weighted by atomic mass is 9.93. The lowest BCUT2D eigenvalue weighted by molar-refractivity contribution is -0.116. The minimum absolute atomic E-state index is 0. The third-order valence-electron chi connectivity index (χ3n) is 6.44. The fourth-order valence-electron chi connectivity index (χ4n) is 4.87. The Kier molecular flexibility index (Phi) is 7.06. The summed E-state index contributed by atoms with van der Waals surface area (Å²) in [6, 6.07) is 8.18. The van der Waals surface area contributed by atoms with E-state index in [0.29, 0.717) is 31.1 Å². The van der Waals surface area contributed by atoms with E-state index in [4.69, 9.17) is 0 Å². The molecule has 30 heavy (non-hydrogen) atoms. The summed E-state index contributed by atoms with van der Waals surface area (Å²) in [5, 5.41) is 27.2. The van der Waals surface area contributed by atoms with Crippen LogP contribution in [0.1, 0.15) is 59.8 Å². The van der Waals surface area contributed by atoms with Gasteiger partial charge in [-0.05, 0) is 71.6 Å². The fraction of sp³-hybridized carbons (Fsp3) is 0.458. The molecule has 1 amide bonds. The van der Waals surface area contributed by atoms with Gasteiger partial charge in [0.2, 0.25) is 5.91 Å². The number of anilines is 1. The summed E-state index contributed by atoms with van der Waals surface area (Å²) < 4.78 is 0. The second-order valence-electron chi connectivity index (χ2n) is 8.15. The van der Waals surface area contributed by atoms with Gasteiger partial charge in [-0.3, -0.25) is 4.79 Å². The number of phenolic OH excluding ortho intramolecular Hbond substituents is 1. The first-order valence-corrected chi connectivity index (χ1v) is 10.7. The molecule has 2 aromatic carbocycles. The van der Waals surface area contributed by atoms with Crippen LogP contribution >= 0.6 is 12.4 Å². The van der Waals surface area contributed by atoms with Crippen LogP contribution in [0.4, 0.5) is 5.69 Å². The Morgan fingerprint density at radius 2 is 1.67 bits per heavy atom.